The third kappa shape index (κ3) is 1.27. The van der Waals surface area contributed by atoms with Crippen molar-refractivity contribution in [2.75, 3.05) is 13.2 Å². The molecule has 0 aromatic heterocycles. The van der Waals surface area contributed by atoms with E-state index < -0.39 is 0 Å². The summed E-state index contributed by atoms with van der Waals surface area (Å²) in [6.45, 7) is 1.80. The van der Waals surface area contributed by atoms with E-state index >= 15 is 0 Å². The molecule has 2 nitrogen and oxygen atoms in total. The molecule has 2 N–H and O–H groups in total. The van der Waals surface area contributed by atoms with Crippen molar-refractivity contribution in [2.24, 2.45) is 11.1 Å². The molecule has 1 aliphatic carbocycles. The SMILES string of the molecule is NCC1([C@H]2CCCCO2)CCC1. The maximum atomic E-state index is 5.82. The zero-order valence-electron chi connectivity index (χ0n) is 7.72. The lowest BCUT2D eigenvalue weighted by molar-refractivity contribution is -0.0988. The predicted molar refractivity (Wildman–Crippen MR) is 48.9 cm³/mol. The van der Waals surface area contributed by atoms with E-state index in [1.165, 1.54) is 38.5 Å². The van der Waals surface area contributed by atoms with Crippen LogP contribution in [0.15, 0.2) is 0 Å². The molecule has 2 aliphatic rings. The summed E-state index contributed by atoms with van der Waals surface area (Å²) in [5.74, 6) is 0. The Morgan fingerprint density at radius 3 is 2.50 bits per heavy atom. The molecule has 70 valence electrons. The Hall–Kier alpha value is -0.0800. The van der Waals surface area contributed by atoms with Crippen LogP contribution in [0.3, 0.4) is 0 Å². The summed E-state index contributed by atoms with van der Waals surface area (Å²) < 4.78 is 5.80. The van der Waals surface area contributed by atoms with Gasteiger partial charge in [0.25, 0.3) is 0 Å². The second kappa shape index (κ2) is 3.35. The van der Waals surface area contributed by atoms with Gasteiger partial charge in [0.15, 0.2) is 0 Å². The van der Waals surface area contributed by atoms with Crippen LogP contribution in [0.25, 0.3) is 0 Å². The monoisotopic (exact) mass is 169 g/mol. The summed E-state index contributed by atoms with van der Waals surface area (Å²) >= 11 is 0. The summed E-state index contributed by atoms with van der Waals surface area (Å²) in [4.78, 5) is 0. The quantitative estimate of drug-likeness (QED) is 0.682. The minimum absolute atomic E-state index is 0.389. The van der Waals surface area contributed by atoms with E-state index in [0.717, 1.165) is 13.2 Å². The lowest BCUT2D eigenvalue weighted by atomic mass is 9.64. The molecular weight excluding hydrogens is 150 g/mol. The van der Waals surface area contributed by atoms with Crippen molar-refractivity contribution < 1.29 is 4.74 Å². The van der Waals surface area contributed by atoms with E-state index in [-0.39, 0.29) is 0 Å². The van der Waals surface area contributed by atoms with Crippen molar-refractivity contribution >= 4 is 0 Å². The van der Waals surface area contributed by atoms with Gasteiger partial charge in [-0.2, -0.15) is 0 Å². The second-order valence-corrected chi connectivity index (χ2v) is 4.28. The van der Waals surface area contributed by atoms with Gasteiger partial charge < -0.3 is 10.5 Å². The zero-order valence-corrected chi connectivity index (χ0v) is 7.72. The molecule has 0 aromatic carbocycles. The molecule has 0 bridgehead atoms. The fourth-order valence-electron chi connectivity index (χ4n) is 2.51. The van der Waals surface area contributed by atoms with Gasteiger partial charge >= 0.3 is 0 Å². The number of hydrogen-bond donors (Lipinski definition) is 1. The predicted octanol–water partition coefficient (Wildman–Crippen LogP) is 1.68. The first-order chi connectivity index (χ1) is 5.87. The number of rotatable bonds is 2. The van der Waals surface area contributed by atoms with E-state index in [1.54, 1.807) is 0 Å². The Morgan fingerprint density at radius 2 is 2.08 bits per heavy atom. The van der Waals surface area contributed by atoms with Crippen molar-refractivity contribution in [2.45, 2.75) is 44.6 Å². The Balaban J connectivity index is 1.95. The third-order valence-electron chi connectivity index (χ3n) is 3.62. The molecule has 1 saturated heterocycles. The topological polar surface area (TPSA) is 35.2 Å². The number of nitrogens with two attached hydrogens (primary N) is 1. The highest BCUT2D eigenvalue weighted by Gasteiger charge is 2.43. The Labute approximate surface area is 74.5 Å². The minimum atomic E-state index is 0.389. The first-order valence-corrected chi connectivity index (χ1v) is 5.19. The van der Waals surface area contributed by atoms with Crippen molar-refractivity contribution in [1.82, 2.24) is 0 Å². The van der Waals surface area contributed by atoms with Crippen LogP contribution in [-0.2, 0) is 4.74 Å². The van der Waals surface area contributed by atoms with Gasteiger partial charge in [0, 0.05) is 18.6 Å². The summed E-state index contributed by atoms with van der Waals surface area (Å²) in [6.07, 6.45) is 8.28. The molecule has 2 heteroatoms. The molecule has 2 fully saturated rings. The van der Waals surface area contributed by atoms with Crippen LogP contribution in [0.1, 0.15) is 38.5 Å². The van der Waals surface area contributed by atoms with Crippen LogP contribution in [0.2, 0.25) is 0 Å². The molecule has 0 amide bonds. The molecule has 12 heavy (non-hydrogen) atoms. The summed E-state index contributed by atoms with van der Waals surface area (Å²) in [6, 6.07) is 0. The van der Waals surface area contributed by atoms with Crippen molar-refractivity contribution in [3.63, 3.8) is 0 Å². The second-order valence-electron chi connectivity index (χ2n) is 4.28. The van der Waals surface area contributed by atoms with E-state index in [0.29, 0.717) is 11.5 Å². The maximum absolute atomic E-state index is 5.82. The van der Waals surface area contributed by atoms with Crippen LogP contribution in [0.4, 0.5) is 0 Å². The highest BCUT2D eigenvalue weighted by molar-refractivity contribution is 4.95. The smallest absolute Gasteiger partial charge is 0.0643 e. The summed E-state index contributed by atoms with van der Waals surface area (Å²) in [5, 5.41) is 0. The van der Waals surface area contributed by atoms with Gasteiger partial charge in [0.2, 0.25) is 0 Å². The van der Waals surface area contributed by atoms with Crippen LogP contribution in [0, 0.1) is 5.41 Å². The van der Waals surface area contributed by atoms with Crippen molar-refractivity contribution in [3.05, 3.63) is 0 Å². The molecular formula is C10H19NO. The van der Waals surface area contributed by atoms with Gasteiger partial charge in [-0.1, -0.05) is 6.42 Å². The third-order valence-corrected chi connectivity index (χ3v) is 3.62. The molecule has 2 rings (SSSR count). The molecule has 0 spiro atoms. The average Bonchev–Trinajstić information content (AvgIpc) is 2.05. The number of hydrogen-bond acceptors (Lipinski definition) is 2. The maximum Gasteiger partial charge on any atom is 0.0643 e. The fourth-order valence-corrected chi connectivity index (χ4v) is 2.51. The van der Waals surface area contributed by atoms with E-state index in [1.807, 2.05) is 0 Å². The van der Waals surface area contributed by atoms with Crippen molar-refractivity contribution in [3.8, 4) is 0 Å². The van der Waals surface area contributed by atoms with Crippen molar-refractivity contribution in [1.29, 1.82) is 0 Å². The first-order valence-electron chi connectivity index (χ1n) is 5.19. The van der Waals surface area contributed by atoms with Gasteiger partial charge in [0.1, 0.15) is 0 Å². The highest BCUT2D eigenvalue weighted by atomic mass is 16.5. The largest absolute Gasteiger partial charge is 0.378 e. The summed E-state index contributed by atoms with van der Waals surface area (Å²) in [7, 11) is 0. The van der Waals surface area contributed by atoms with Crippen LogP contribution in [-0.4, -0.2) is 19.3 Å². The highest BCUT2D eigenvalue weighted by Crippen LogP contribution is 2.46. The average molecular weight is 169 g/mol. The minimum Gasteiger partial charge on any atom is -0.378 e. The molecule has 1 heterocycles. The van der Waals surface area contributed by atoms with Gasteiger partial charge in [-0.3, -0.25) is 0 Å². The van der Waals surface area contributed by atoms with Crippen LogP contribution in [0.5, 0.6) is 0 Å². The van der Waals surface area contributed by atoms with E-state index in [9.17, 15) is 0 Å². The van der Waals surface area contributed by atoms with E-state index in [2.05, 4.69) is 0 Å². The Morgan fingerprint density at radius 1 is 1.25 bits per heavy atom. The van der Waals surface area contributed by atoms with Gasteiger partial charge in [-0.05, 0) is 32.1 Å². The summed E-state index contributed by atoms with van der Waals surface area (Å²) in [5.41, 5.74) is 6.21. The van der Waals surface area contributed by atoms with Crippen LogP contribution < -0.4 is 5.73 Å². The van der Waals surface area contributed by atoms with Gasteiger partial charge in [-0.25, -0.2) is 0 Å². The molecule has 1 saturated carbocycles. The molecule has 0 unspecified atom stereocenters. The molecule has 0 radical (unpaired) electrons. The first kappa shape index (κ1) is 8.52. The Bertz CT molecular complexity index is 142. The van der Waals surface area contributed by atoms with Gasteiger partial charge in [0.05, 0.1) is 6.10 Å². The normalized spacial score (nSPS) is 34.2. The zero-order chi connectivity index (χ0) is 8.44. The molecule has 1 aliphatic heterocycles. The molecule has 1 atom stereocenters. The standard InChI is InChI=1S/C10H19NO/c11-8-10(5-3-6-10)9-4-1-2-7-12-9/h9H,1-8,11H2/t9-/m1/s1. The Kier molecular flexibility index (Phi) is 2.37. The van der Waals surface area contributed by atoms with E-state index in [4.69, 9.17) is 10.5 Å². The number of ether oxygens (including phenoxy) is 1. The van der Waals surface area contributed by atoms with Gasteiger partial charge in [-0.15, -0.1) is 0 Å². The fraction of sp³-hybridized carbons (Fsp3) is 1.00. The molecule has 0 aromatic rings. The lowest BCUT2D eigenvalue weighted by Crippen LogP contribution is -2.49. The van der Waals surface area contributed by atoms with Crippen LogP contribution >= 0.6 is 0 Å². The lowest BCUT2D eigenvalue weighted by Gasteiger charge is -2.48.